The maximum atomic E-state index is 10.6. The van der Waals surface area contributed by atoms with Gasteiger partial charge < -0.3 is 29.7 Å². The van der Waals surface area contributed by atoms with Crippen LogP contribution in [0.4, 0.5) is 0 Å². The van der Waals surface area contributed by atoms with E-state index in [0.717, 1.165) is 37.2 Å². The molecule has 2 aliphatic heterocycles. The third kappa shape index (κ3) is 3.81. The Morgan fingerprint density at radius 1 is 1.21 bits per heavy atom. The Morgan fingerprint density at radius 2 is 2.00 bits per heavy atom. The van der Waals surface area contributed by atoms with Crippen LogP contribution in [-0.2, 0) is 0 Å². The highest BCUT2D eigenvalue weighted by Crippen LogP contribution is 2.45. The van der Waals surface area contributed by atoms with Crippen LogP contribution in [0.25, 0.3) is 0 Å². The number of piperidine rings is 1. The Balaban J connectivity index is 1.38. The number of aliphatic hydroxyl groups excluding tert-OH is 2. The minimum absolute atomic E-state index is 0.138. The van der Waals surface area contributed by atoms with Crippen LogP contribution in [0.1, 0.15) is 42.6 Å². The SMILES string of the molecule is COc1cccc([C@H](O)CN2CCC3(CC2)C[C@H](O)c2cc(O)ccc2O3)c1. The standard InChI is InChI=1S/C22H27NO5/c1-27-17-4-2-3-15(11-17)20(26)14-23-9-7-22(8-10-23)13-19(25)18-12-16(24)5-6-21(18)28-22/h2-6,11-12,19-20,24-26H,7-10,13-14H2,1H3/t19-,20+/m0/s1. The molecular formula is C22H27NO5. The van der Waals surface area contributed by atoms with Gasteiger partial charge in [0, 0.05) is 31.6 Å². The first kappa shape index (κ1) is 19.1. The number of hydrogen-bond donors (Lipinski definition) is 3. The molecule has 6 nitrogen and oxygen atoms in total. The first-order chi connectivity index (χ1) is 13.5. The van der Waals surface area contributed by atoms with Crippen LogP contribution in [0.3, 0.4) is 0 Å². The zero-order valence-electron chi connectivity index (χ0n) is 16.0. The molecule has 150 valence electrons. The van der Waals surface area contributed by atoms with Gasteiger partial charge in [-0.3, -0.25) is 0 Å². The molecule has 3 N–H and O–H groups in total. The fraction of sp³-hybridized carbons (Fsp3) is 0.455. The lowest BCUT2D eigenvalue weighted by Gasteiger charge is -2.46. The number of phenolic OH excluding ortho intramolecular Hbond substituents is 1. The minimum atomic E-state index is -0.634. The summed E-state index contributed by atoms with van der Waals surface area (Å²) in [7, 11) is 1.62. The van der Waals surface area contributed by atoms with Gasteiger partial charge in [0.15, 0.2) is 0 Å². The van der Waals surface area contributed by atoms with Gasteiger partial charge in [-0.15, -0.1) is 0 Å². The van der Waals surface area contributed by atoms with Crippen LogP contribution in [0.2, 0.25) is 0 Å². The number of aromatic hydroxyl groups is 1. The van der Waals surface area contributed by atoms with Crippen molar-refractivity contribution in [3.8, 4) is 17.2 Å². The summed E-state index contributed by atoms with van der Waals surface area (Å²) in [6.07, 6.45) is 0.885. The number of hydrogen-bond acceptors (Lipinski definition) is 6. The number of benzene rings is 2. The molecule has 2 aromatic rings. The van der Waals surface area contributed by atoms with Crippen molar-refractivity contribution < 1.29 is 24.8 Å². The fourth-order valence-electron chi connectivity index (χ4n) is 4.27. The number of phenols is 1. The van der Waals surface area contributed by atoms with Crippen LogP contribution in [0, 0.1) is 0 Å². The summed E-state index contributed by atoms with van der Waals surface area (Å²) in [4.78, 5) is 2.23. The molecule has 0 saturated carbocycles. The largest absolute Gasteiger partial charge is 0.508 e. The molecule has 2 aromatic carbocycles. The second kappa shape index (κ2) is 7.62. The molecule has 2 heterocycles. The van der Waals surface area contributed by atoms with Crippen molar-refractivity contribution in [2.24, 2.45) is 0 Å². The Labute approximate surface area is 164 Å². The number of aliphatic hydroxyl groups is 2. The van der Waals surface area contributed by atoms with Crippen molar-refractivity contribution in [1.82, 2.24) is 4.90 Å². The molecule has 28 heavy (non-hydrogen) atoms. The molecule has 0 bridgehead atoms. The molecule has 0 unspecified atom stereocenters. The fourth-order valence-corrected chi connectivity index (χ4v) is 4.27. The smallest absolute Gasteiger partial charge is 0.126 e. The summed E-state index contributed by atoms with van der Waals surface area (Å²) < 4.78 is 11.5. The maximum Gasteiger partial charge on any atom is 0.126 e. The van der Waals surface area contributed by atoms with Gasteiger partial charge in [-0.25, -0.2) is 0 Å². The van der Waals surface area contributed by atoms with Gasteiger partial charge in [0.25, 0.3) is 0 Å². The number of β-amino-alcohol motifs (C(OH)–C–C–N with tert-alkyl or cyclic N) is 1. The van der Waals surface area contributed by atoms with Crippen molar-refractivity contribution in [1.29, 1.82) is 0 Å². The molecule has 1 fully saturated rings. The van der Waals surface area contributed by atoms with E-state index in [9.17, 15) is 15.3 Å². The monoisotopic (exact) mass is 385 g/mol. The Bertz CT molecular complexity index is 831. The van der Waals surface area contributed by atoms with Crippen molar-refractivity contribution in [2.45, 2.75) is 37.1 Å². The van der Waals surface area contributed by atoms with Crippen molar-refractivity contribution in [3.05, 3.63) is 53.6 Å². The molecule has 4 rings (SSSR count). The van der Waals surface area contributed by atoms with E-state index in [1.165, 1.54) is 0 Å². The highest BCUT2D eigenvalue weighted by atomic mass is 16.5. The lowest BCUT2D eigenvalue weighted by atomic mass is 9.81. The lowest BCUT2D eigenvalue weighted by Crippen LogP contribution is -2.51. The average Bonchev–Trinajstić information content (AvgIpc) is 2.70. The molecule has 6 heteroatoms. The van der Waals surface area contributed by atoms with Gasteiger partial charge in [-0.1, -0.05) is 12.1 Å². The van der Waals surface area contributed by atoms with Crippen LogP contribution >= 0.6 is 0 Å². The van der Waals surface area contributed by atoms with E-state index in [-0.39, 0.29) is 11.4 Å². The first-order valence-electron chi connectivity index (χ1n) is 9.72. The number of fused-ring (bicyclic) bond motifs is 1. The predicted octanol–water partition coefficient (Wildman–Crippen LogP) is 2.78. The summed E-state index contributed by atoms with van der Waals surface area (Å²) in [5.74, 6) is 1.53. The molecule has 1 spiro atoms. The number of ether oxygens (including phenoxy) is 2. The summed E-state index contributed by atoms with van der Waals surface area (Å²) in [5, 5.41) is 30.8. The quantitative estimate of drug-likeness (QED) is 0.751. The predicted molar refractivity (Wildman–Crippen MR) is 105 cm³/mol. The number of nitrogens with zero attached hydrogens (tertiary/aromatic N) is 1. The van der Waals surface area contributed by atoms with Gasteiger partial charge >= 0.3 is 0 Å². The van der Waals surface area contributed by atoms with E-state index < -0.39 is 12.2 Å². The zero-order valence-corrected chi connectivity index (χ0v) is 16.0. The molecule has 0 amide bonds. The Kier molecular flexibility index (Phi) is 5.19. The number of methoxy groups -OCH3 is 1. The van der Waals surface area contributed by atoms with Gasteiger partial charge in [0.1, 0.15) is 22.8 Å². The molecule has 0 aromatic heterocycles. The lowest BCUT2D eigenvalue weighted by molar-refractivity contribution is -0.0588. The maximum absolute atomic E-state index is 10.6. The van der Waals surface area contributed by atoms with E-state index >= 15 is 0 Å². The second-order valence-electron chi connectivity index (χ2n) is 7.82. The van der Waals surface area contributed by atoms with E-state index in [1.807, 2.05) is 24.3 Å². The highest BCUT2D eigenvalue weighted by molar-refractivity contribution is 5.43. The van der Waals surface area contributed by atoms with Gasteiger partial charge in [-0.05, 0) is 48.7 Å². The van der Waals surface area contributed by atoms with Crippen molar-refractivity contribution in [3.63, 3.8) is 0 Å². The number of rotatable bonds is 4. The molecule has 0 aliphatic carbocycles. The van der Waals surface area contributed by atoms with E-state index in [0.29, 0.717) is 24.3 Å². The second-order valence-corrected chi connectivity index (χ2v) is 7.82. The Hall–Kier alpha value is -2.28. The van der Waals surface area contributed by atoms with Gasteiger partial charge in [0.05, 0.1) is 19.3 Å². The van der Waals surface area contributed by atoms with E-state index in [4.69, 9.17) is 9.47 Å². The van der Waals surface area contributed by atoms with Crippen molar-refractivity contribution >= 4 is 0 Å². The summed E-state index contributed by atoms with van der Waals surface area (Å²) in [6, 6.07) is 12.4. The molecule has 1 saturated heterocycles. The van der Waals surface area contributed by atoms with Gasteiger partial charge in [-0.2, -0.15) is 0 Å². The molecular weight excluding hydrogens is 358 g/mol. The highest BCUT2D eigenvalue weighted by Gasteiger charge is 2.43. The summed E-state index contributed by atoms with van der Waals surface area (Å²) in [5.41, 5.74) is 1.11. The van der Waals surface area contributed by atoms with Crippen LogP contribution in [0.15, 0.2) is 42.5 Å². The zero-order chi connectivity index (χ0) is 19.7. The van der Waals surface area contributed by atoms with Crippen LogP contribution in [-0.4, -0.2) is 52.6 Å². The first-order valence-corrected chi connectivity index (χ1v) is 9.72. The average molecular weight is 385 g/mol. The molecule has 2 atom stereocenters. The third-order valence-electron chi connectivity index (χ3n) is 5.92. The van der Waals surface area contributed by atoms with Crippen LogP contribution < -0.4 is 9.47 Å². The normalized spacial score (nSPS) is 22.3. The van der Waals surface area contributed by atoms with E-state index in [1.54, 1.807) is 25.3 Å². The Morgan fingerprint density at radius 3 is 2.75 bits per heavy atom. The summed E-state index contributed by atoms with van der Waals surface area (Å²) >= 11 is 0. The molecule has 2 aliphatic rings. The third-order valence-corrected chi connectivity index (χ3v) is 5.92. The van der Waals surface area contributed by atoms with Gasteiger partial charge in [0.2, 0.25) is 0 Å². The van der Waals surface area contributed by atoms with E-state index in [2.05, 4.69) is 4.90 Å². The summed E-state index contributed by atoms with van der Waals surface area (Å²) in [6.45, 7) is 2.14. The minimum Gasteiger partial charge on any atom is -0.508 e. The van der Waals surface area contributed by atoms with Crippen LogP contribution in [0.5, 0.6) is 17.2 Å². The number of likely N-dealkylation sites (tertiary alicyclic amines) is 1. The topological polar surface area (TPSA) is 82.4 Å². The molecule has 0 radical (unpaired) electrons. The van der Waals surface area contributed by atoms with Crippen molar-refractivity contribution in [2.75, 3.05) is 26.7 Å².